The highest BCUT2D eigenvalue weighted by Gasteiger charge is 2.21. The molecule has 27 heavy (non-hydrogen) atoms. The van der Waals surface area contributed by atoms with E-state index in [0.29, 0.717) is 17.3 Å². The molecule has 0 aromatic heterocycles. The van der Waals surface area contributed by atoms with E-state index in [1.54, 1.807) is 18.2 Å². The molecule has 1 aliphatic carbocycles. The molecule has 1 aliphatic rings. The van der Waals surface area contributed by atoms with Gasteiger partial charge in [0.2, 0.25) is 5.91 Å². The van der Waals surface area contributed by atoms with Gasteiger partial charge in [-0.15, -0.1) is 0 Å². The molecule has 3 rings (SSSR count). The van der Waals surface area contributed by atoms with E-state index < -0.39 is 0 Å². The van der Waals surface area contributed by atoms with Crippen LogP contribution in [0.25, 0.3) is 0 Å². The highest BCUT2D eigenvalue weighted by atomic mass is 19.1. The molecule has 0 saturated heterocycles. The number of anilines is 1. The minimum Gasteiger partial charge on any atom is -0.393 e. The second-order valence-electron chi connectivity index (χ2n) is 7.34. The molecule has 0 heterocycles. The van der Waals surface area contributed by atoms with Gasteiger partial charge in [0.25, 0.3) is 0 Å². The highest BCUT2D eigenvalue weighted by Crippen LogP contribution is 2.23. The van der Waals surface area contributed by atoms with E-state index >= 15 is 0 Å². The molecule has 0 spiro atoms. The minimum absolute atomic E-state index is 0.00903. The van der Waals surface area contributed by atoms with Crippen molar-refractivity contribution in [2.75, 3.05) is 5.32 Å². The summed E-state index contributed by atoms with van der Waals surface area (Å²) in [4.78, 5) is 12.2. The number of rotatable bonds is 6. The van der Waals surface area contributed by atoms with E-state index in [-0.39, 0.29) is 30.3 Å². The molecule has 4 nitrogen and oxygen atoms in total. The summed E-state index contributed by atoms with van der Waals surface area (Å²) in [7, 11) is 0. The fourth-order valence-electron chi connectivity index (χ4n) is 3.60. The smallest absolute Gasteiger partial charge is 0.228 e. The largest absolute Gasteiger partial charge is 0.393 e. The molecule has 1 fully saturated rings. The molecule has 2 aromatic carbocycles. The Labute approximate surface area is 159 Å². The van der Waals surface area contributed by atoms with Crippen LogP contribution in [-0.4, -0.2) is 23.2 Å². The van der Waals surface area contributed by atoms with Crippen LogP contribution in [0.3, 0.4) is 0 Å². The summed E-state index contributed by atoms with van der Waals surface area (Å²) in [5, 5.41) is 16.1. The second-order valence-corrected chi connectivity index (χ2v) is 7.34. The summed E-state index contributed by atoms with van der Waals surface area (Å²) < 4.78 is 13.7. The summed E-state index contributed by atoms with van der Waals surface area (Å²) in [6.45, 7) is 2.10. The van der Waals surface area contributed by atoms with Crippen LogP contribution in [0.4, 0.5) is 10.1 Å². The number of carbonyl (C=O) groups is 1. The first-order valence-electron chi connectivity index (χ1n) is 9.58. The van der Waals surface area contributed by atoms with Crippen molar-refractivity contribution in [2.24, 2.45) is 0 Å². The van der Waals surface area contributed by atoms with Crippen LogP contribution < -0.4 is 10.6 Å². The average molecular weight is 370 g/mol. The molecule has 144 valence electrons. The molecule has 3 N–H and O–H groups in total. The van der Waals surface area contributed by atoms with Gasteiger partial charge in [-0.05, 0) is 61.9 Å². The summed E-state index contributed by atoms with van der Waals surface area (Å²) in [5.41, 5.74) is 2.19. The van der Waals surface area contributed by atoms with Crippen molar-refractivity contribution < 1.29 is 14.3 Å². The Bertz CT molecular complexity index is 772. The number of nitrogens with one attached hydrogen (secondary N) is 2. The number of aliphatic hydroxyl groups excluding tert-OH is 1. The second kappa shape index (κ2) is 9.11. The van der Waals surface area contributed by atoms with Crippen molar-refractivity contribution >= 4 is 11.6 Å². The topological polar surface area (TPSA) is 61.4 Å². The number of halogens is 1. The fraction of sp³-hybridized carbons (Fsp3) is 0.409. The minimum atomic E-state index is -0.364. The number of aliphatic hydroxyl groups is 1. The quantitative estimate of drug-likeness (QED) is 0.721. The maximum absolute atomic E-state index is 13.7. The van der Waals surface area contributed by atoms with Crippen molar-refractivity contribution in [3.63, 3.8) is 0 Å². The lowest BCUT2D eigenvalue weighted by molar-refractivity contribution is -0.115. The van der Waals surface area contributed by atoms with E-state index in [1.807, 2.05) is 24.3 Å². The predicted molar refractivity (Wildman–Crippen MR) is 105 cm³/mol. The van der Waals surface area contributed by atoms with Crippen LogP contribution >= 0.6 is 0 Å². The number of carbonyl (C=O) groups excluding carboxylic acids is 1. The van der Waals surface area contributed by atoms with E-state index in [4.69, 9.17) is 0 Å². The van der Waals surface area contributed by atoms with Gasteiger partial charge in [0.05, 0.1) is 12.5 Å². The number of benzene rings is 2. The van der Waals surface area contributed by atoms with Crippen LogP contribution in [0, 0.1) is 5.82 Å². The van der Waals surface area contributed by atoms with Gasteiger partial charge >= 0.3 is 0 Å². The Morgan fingerprint density at radius 1 is 1.15 bits per heavy atom. The first-order chi connectivity index (χ1) is 13.0. The van der Waals surface area contributed by atoms with Crippen molar-refractivity contribution in [1.82, 2.24) is 5.32 Å². The number of hydrogen-bond donors (Lipinski definition) is 3. The number of hydrogen-bond acceptors (Lipinski definition) is 3. The monoisotopic (exact) mass is 370 g/mol. The summed E-state index contributed by atoms with van der Waals surface area (Å²) in [6, 6.07) is 14.6. The van der Waals surface area contributed by atoms with Crippen molar-refractivity contribution in [2.45, 2.75) is 57.2 Å². The van der Waals surface area contributed by atoms with Crippen molar-refractivity contribution in [3.8, 4) is 0 Å². The maximum Gasteiger partial charge on any atom is 0.228 e. The van der Waals surface area contributed by atoms with Crippen molar-refractivity contribution in [1.29, 1.82) is 0 Å². The Hall–Kier alpha value is -2.24. The maximum atomic E-state index is 13.7. The van der Waals surface area contributed by atoms with Gasteiger partial charge in [0.1, 0.15) is 5.82 Å². The molecule has 5 heteroatoms. The van der Waals surface area contributed by atoms with Gasteiger partial charge in [0, 0.05) is 17.8 Å². The van der Waals surface area contributed by atoms with Crippen LogP contribution in [0.1, 0.15) is 49.8 Å². The molecule has 1 amide bonds. The molecule has 1 atom stereocenters. The Morgan fingerprint density at radius 3 is 2.63 bits per heavy atom. The zero-order valence-corrected chi connectivity index (χ0v) is 15.6. The average Bonchev–Trinajstić information content (AvgIpc) is 2.65. The highest BCUT2D eigenvalue weighted by molar-refractivity contribution is 5.92. The molecular formula is C22H27FN2O2. The van der Waals surface area contributed by atoms with E-state index in [2.05, 4.69) is 17.6 Å². The molecule has 0 bridgehead atoms. The van der Waals surface area contributed by atoms with Crippen molar-refractivity contribution in [3.05, 3.63) is 65.5 Å². The molecular weight excluding hydrogens is 343 g/mol. The third-order valence-electron chi connectivity index (χ3n) is 5.16. The van der Waals surface area contributed by atoms with Gasteiger partial charge in [-0.25, -0.2) is 4.39 Å². The van der Waals surface area contributed by atoms with Gasteiger partial charge in [-0.2, -0.15) is 0 Å². The van der Waals surface area contributed by atoms with Gasteiger partial charge in [0.15, 0.2) is 0 Å². The third-order valence-corrected chi connectivity index (χ3v) is 5.16. The van der Waals surface area contributed by atoms with E-state index in [1.165, 1.54) is 6.07 Å². The molecule has 1 unspecified atom stereocenters. The third kappa shape index (κ3) is 5.62. The molecule has 2 aromatic rings. The Balaban J connectivity index is 1.58. The standard InChI is InChI=1S/C22H27FN2O2/c1-15(24-18-9-11-20(26)12-10-18)16-6-4-7-19(13-16)25-22(27)14-17-5-2-3-8-21(17)23/h2-8,13,15,18,20,24,26H,9-12,14H2,1H3,(H,25,27). The first-order valence-corrected chi connectivity index (χ1v) is 9.58. The van der Waals surface area contributed by atoms with Crippen LogP contribution in [0.2, 0.25) is 0 Å². The summed E-state index contributed by atoms with van der Waals surface area (Å²) in [5.74, 6) is -0.601. The lowest BCUT2D eigenvalue weighted by Gasteiger charge is -2.29. The summed E-state index contributed by atoms with van der Waals surface area (Å²) in [6.07, 6.45) is 3.49. The molecule has 0 aliphatic heterocycles. The van der Waals surface area contributed by atoms with Gasteiger partial charge in [-0.3, -0.25) is 4.79 Å². The Kier molecular flexibility index (Phi) is 6.58. The van der Waals surface area contributed by atoms with Gasteiger partial charge in [-0.1, -0.05) is 30.3 Å². The normalized spacial score (nSPS) is 20.9. The zero-order valence-electron chi connectivity index (χ0n) is 15.6. The SMILES string of the molecule is CC(NC1CCC(O)CC1)c1cccc(NC(=O)Cc2ccccc2F)c1. The van der Waals surface area contributed by atoms with Crippen LogP contribution in [0.5, 0.6) is 0 Å². The van der Waals surface area contributed by atoms with E-state index in [0.717, 1.165) is 31.2 Å². The molecule has 1 saturated carbocycles. The fourth-order valence-corrected chi connectivity index (χ4v) is 3.60. The lowest BCUT2D eigenvalue weighted by atomic mass is 9.92. The first kappa shape index (κ1) is 19.5. The molecule has 0 radical (unpaired) electrons. The Morgan fingerprint density at radius 2 is 1.89 bits per heavy atom. The number of amides is 1. The predicted octanol–water partition coefficient (Wildman–Crippen LogP) is 3.96. The zero-order chi connectivity index (χ0) is 19.2. The van der Waals surface area contributed by atoms with Crippen LogP contribution in [0.15, 0.2) is 48.5 Å². The van der Waals surface area contributed by atoms with Gasteiger partial charge < -0.3 is 15.7 Å². The summed E-state index contributed by atoms with van der Waals surface area (Å²) >= 11 is 0. The lowest BCUT2D eigenvalue weighted by Crippen LogP contribution is -2.36. The van der Waals surface area contributed by atoms with Crippen LogP contribution in [-0.2, 0) is 11.2 Å². The van der Waals surface area contributed by atoms with E-state index in [9.17, 15) is 14.3 Å².